The molecule has 1 aliphatic carbocycles. The monoisotopic (exact) mass is 309 g/mol. The van der Waals surface area contributed by atoms with E-state index in [4.69, 9.17) is 0 Å². The summed E-state index contributed by atoms with van der Waals surface area (Å²) in [6.45, 7) is 1.69. The molecule has 2 aromatic rings. The van der Waals surface area contributed by atoms with Crippen molar-refractivity contribution in [2.24, 2.45) is 0 Å². The Bertz CT molecular complexity index is 760. The summed E-state index contributed by atoms with van der Waals surface area (Å²) in [6.07, 6.45) is 5.35. The van der Waals surface area contributed by atoms with Gasteiger partial charge in [0.15, 0.2) is 11.0 Å². The molecule has 2 aromatic heterocycles. The number of halogens is 1. The third kappa shape index (κ3) is 2.34. The zero-order chi connectivity index (χ0) is 15.2. The van der Waals surface area contributed by atoms with Gasteiger partial charge in [-0.3, -0.25) is 9.36 Å². The highest BCUT2D eigenvalue weighted by Crippen LogP contribution is 2.39. The Morgan fingerprint density at radius 2 is 2.33 bits per heavy atom. The number of hydrogen-bond acceptors (Lipinski definition) is 5. The molecule has 0 unspecified atom stereocenters. The number of aliphatic hydroxyl groups is 1. The molecule has 0 radical (unpaired) electrons. The van der Waals surface area contributed by atoms with Gasteiger partial charge in [0.25, 0.3) is 5.56 Å². The Balaban J connectivity index is 2.33. The Kier molecular flexibility index (Phi) is 3.49. The molecule has 1 N–H and O–H groups in total. The van der Waals surface area contributed by atoms with Crippen LogP contribution in [0.3, 0.4) is 0 Å². The number of fused-ring (bicyclic) bond motifs is 1. The molecule has 5 nitrogen and oxygen atoms in total. The third-order valence-corrected chi connectivity index (χ3v) is 4.64. The Morgan fingerprint density at radius 1 is 1.57 bits per heavy atom. The highest BCUT2D eigenvalue weighted by molar-refractivity contribution is 7.98. The van der Waals surface area contributed by atoms with Crippen LogP contribution < -0.4 is 5.56 Å². The number of rotatable bonds is 2. The number of aromatic nitrogens is 3. The van der Waals surface area contributed by atoms with E-state index < -0.39 is 23.0 Å². The lowest BCUT2D eigenvalue weighted by atomic mass is 10.00. The van der Waals surface area contributed by atoms with Crippen LogP contribution in [-0.4, -0.2) is 31.5 Å². The third-order valence-electron chi connectivity index (χ3n) is 4.08. The molecule has 0 bridgehead atoms. The average Bonchev–Trinajstić information content (AvgIpc) is 2.79. The van der Waals surface area contributed by atoms with Crippen molar-refractivity contribution in [3.63, 3.8) is 0 Å². The molecule has 0 saturated heterocycles. The van der Waals surface area contributed by atoms with E-state index in [9.17, 15) is 14.3 Å². The number of hydrogen-bond donors (Lipinski definition) is 1. The summed E-state index contributed by atoms with van der Waals surface area (Å²) < 4.78 is 15.2. The molecule has 2 heterocycles. The van der Waals surface area contributed by atoms with E-state index in [1.54, 1.807) is 6.92 Å². The summed E-state index contributed by atoms with van der Waals surface area (Å²) in [7, 11) is 0. The maximum Gasteiger partial charge on any atom is 0.288 e. The molecule has 21 heavy (non-hydrogen) atoms. The molecule has 1 aliphatic rings. The predicted molar refractivity (Wildman–Crippen MR) is 79.0 cm³/mol. The van der Waals surface area contributed by atoms with Crippen LogP contribution in [-0.2, 0) is 0 Å². The van der Waals surface area contributed by atoms with Crippen molar-refractivity contribution in [1.82, 2.24) is 14.5 Å². The first kappa shape index (κ1) is 14.5. The standard InChI is InChI=1S/C14H16FN3O2S/c1-14(20)5-3-4-10(14)18-11-8(6-9(15)12(18)19)7-16-13(17-11)21-2/h6-7,10,20H,3-5H2,1-2H3/t10-,14-/m1/s1. The molecular weight excluding hydrogens is 293 g/mol. The van der Waals surface area contributed by atoms with Gasteiger partial charge in [-0.15, -0.1) is 0 Å². The molecule has 0 spiro atoms. The van der Waals surface area contributed by atoms with Crippen molar-refractivity contribution in [2.45, 2.75) is 43.0 Å². The second kappa shape index (κ2) is 5.06. The lowest BCUT2D eigenvalue weighted by molar-refractivity contribution is 0.0263. The number of nitrogens with zero attached hydrogens (tertiary/aromatic N) is 3. The van der Waals surface area contributed by atoms with E-state index in [0.29, 0.717) is 29.0 Å². The van der Waals surface area contributed by atoms with Crippen molar-refractivity contribution in [2.75, 3.05) is 6.26 Å². The van der Waals surface area contributed by atoms with Gasteiger partial charge in [0.1, 0.15) is 5.65 Å². The fourth-order valence-corrected chi connectivity index (χ4v) is 3.33. The topological polar surface area (TPSA) is 68.0 Å². The fraction of sp³-hybridized carbons (Fsp3) is 0.500. The Hall–Kier alpha value is -1.47. The van der Waals surface area contributed by atoms with Gasteiger partial charge in [-0.25, -0.2) is 14.4 Å². The summed E-state index contributed by atoms with van der Waals surface area (Å²) in [5.74, 6) is -0.842. The first-order valence-corrected chi connectivity index (χ1v) is 8.00. The van der Waals surface area contributed by atoms with Crippen LogP contribution in [0.5, 0.6) is 0 Å². The van der Waals surface area contributed by atoms with E-state index in [1.807, 2.05) is 6.26 Å². The summed E-state index contributed by atoms with van der Waals surface area (Å²) >= 11 is 1.35. The Morgan fingerprint density at radius 3 is 2.95 bits per heavy atom. The van der Waals surface area contributed by atoms with Crippen LogP contribution in [0, 0.1) is 5.82 Å². The largest absolute Gasteiger partial charge is 0.388 e. The molecule has 3 rings (SSSR count). The minimum absolute atomic E-state index is 0.382. The van der Waals surface area contributed by atoms with Gasteiger partial charge in [-0.05, 0) is 38.5 Å². The van der Waals surface area contributed by atoms with Crippen molar-refractivity contribution in [1.29, 1.82) is 0 Å². The van der Waals surface area contributed by atoms with E-state index >= 15 is 0 Å². The molecule has 1 saturated carbocycles. The van der Waals surface area contributed by atoms with E-state index in [-0.39, 0.29) is 0 Å². The lowest BCUT2D eigenvalue weighted by Gasteiger charge is -2.28. The van der Waals surface area contributed by atoms with E-state index in [2.05, 4.69) is 9.97 Å². The van der Waals surface area contributed by atoms with Gasteiger partial charge < -0.3 is 5.11 Å². The minimum atomic E-state index is -1.03. The molecular formula is C14H16FN3O2S. The normalized spacial score (nSPS) is 25.6. The van der Waals surface area contributed by atoms with Crippen LogP contribution in [0.2, 0.25) is 0 Å². The molecule has 0 aromatic carbocycles. The molecule has 7 heteroatoms. The molecule has 1 fully saturated rings. The van der Waals surface area contributed by atoms with Crippen molar-refractivity contribution < 1.29 is 9.50 Å². The molecule has 112 valence electrons. The molecule has 2 atom stereocenters. The highest BCUT2D eigenvalue weighted by atomic mass is 32.2. The van der Waals surface area contributed by atoms with E-state index in [1.165, 1.54) is 22.5 Å². The fourth-order valence-electron chi connectivity index (χ4n) is 3.00. The highest BCUT2D eigenvalue weighted by Gasteiger charge is 2.39. The van der Waals surface area contributed by atoms with Gasteiger partial charge >= 0.3 is 0 Å². The van der Waals surface area contributed by atoms with E-state index in [0.717, 1.165) is 12.5 Å². The van der Waals surface area contributed by atoms with Crippen LogP contribution in [0.25, 0.3) is 11.0 Å². The second-order valence-corrected chi connectivity index (χ2v) is 6.34. The van der Waals surface area contributed by atoms with Crippen LogP contribution in [0.15, 0.2) is 22.2 Å². The van der Waals surface area contributed by atoms with Gasteiger partial charge in [0.05, 0.1) is 11.6 Å². The lowest BCUT2D eigenvalue weighted by Crippen LogP contribution is -2.38. The van der Waals surface area contributed by atoms with Crippen LogP contribution >= 0.6 is 11.8 Å². The summed E-state index contributed by atoms with van der Waals surface area (Å²) in [5.41, 5.74) is -1.39. The summed E-state index contributed by atoms with van der Waals surface area (Å²) in [4.78, 5) is 20.7. The van der Waals surface area contributed by atoms with Crippen LogP contribution in [0.4, 0.5) is 4.39 Å². The molecule has 0 amide bonds. The SMILES string of the molecule is CSc1ncc2cc(F)c(=O)n([C@@H]3CCC[C@@]3(C)O)c2n1. The number of pyridine rings is 1. The summed E-state index contributed by atoms with van der Waals surface area (Å²) in [5, 5.41) is 11.5. The molecule has 0 aliphatic heterocycles. The maximum atomic E-state index is 13.9. The van der Waals surface area contributed by atoms with Gasteiger partial charge in [0.2, 0.25) is 0 Å². The maximum absolute atomic E-state index is 13.9. The van der Waals surface area contributed by atoms with Gasteiger partial charge in [-0.2, -0.15) is 0 Å². The minimum Gasteiger partial charge on any atom is -0.388 e. The zero-order valence-electron chi connectivity index (χ0n) is 11.8. The smallest absolute Gasteiger partial charge is 0.288 e. The first-order chi connectivity index (χ1) is 9.94. The van der Waals surface area contributed by atoms with Gasteiger partial charge in [0, 0.05) is 11.6 Å². The second-order valence-electron chi connectivity index (χ2n) is 5.57. The zero-order valence-corrected chi connectivity index (χ0v) is 12.7. The Labute approximate surface area is 125 Å². The van der Waals surface area contributed by atoms with Gasteiger partial charge in [-0.1, -0.05) is 11.8 Å². The quantitative estimate of drug-likeness (QED) is 0.680. The summed E-state index contributed by atoms with van der Waals surface area (Å²) in [6, 6.07) is 0.690. The van der Waals surface area contributed by atoms with Crippen molar-refractivity contribution in [3.8, 4) is 0 Å². The average molecular weight is 309 g/mol. The van der Waals surface area contributed by atoms with Crippen molar-refractivity contribution in [3.05, 3.63) is 28.4 Å². The van der Waals surface area contributed by atoms with Crippen LogP contribution in [0.1, 0.15) is 32.2 Å². The van der Waals surface area contributed by atoms with Crippen molar-refractivity contribution >= 4 is 22.8 Å². The predicted octanol–water partition coefficient (Wildman–Crippen LogP) is 2.13. The number of thioether (sulfide) groups is 1. The first-order valence-electron chi connectivity index (χ1n) is 6.78.